The van der Waals surface area contributed by atoms with Crippen LogP contribution in [-0.4, -0.2) is 5.92 Å². The fourth-order valence-corrected chi connectivity index (χ4v) is 29.1. The Morgan fingerprint density at radius 2 is 1.32 bits per heavy atom. The molecule has 0 radical (unpaired) electrons. The fraction of sp³-hybridized carbons (Fsp3) is 0.158. The summed E-state index contributed by atoms with van der Waals surface area (Å²) in [6, 6.07) is 22.6. The zero-order valence-corrected chi connectivity index (χ0v) is 18.5. The van der Waals surface area contributed by atoms with Crippen LogP contribution in [0.4, 0.5) is 0 Å². The van der Waals surface area contributed by atoms with E-state index in [0.29, 0.717) is 0 Å². The van der Waals surface area contributed by atoms with Crippen molar-refractivity contribution in [3.8, 4) is 0 Å². The van der Waals surface area contributed by atoms with E-state index in [1.54, 1.807) is 13.7 Å². The molecule has 3 rings (SSSR count). The van der Waals surface area contributed by atoms with Crippen LogP contribution in [0, 0.1) is 0 Å². The number of hydrogen-bond acceptors (Lipinski definition) is 0. The predicted molar refractivity (Wildman–Crippen MR) is 103 cm³/mol. The van der Waals surface area contributed by atoms with Gasteiger partial charge in [0.15, 0.2) is 0 Å². The van der Waals surface area contributed by atoms with Gasteiger partial charge in [-0.25, -0.2) is 0 Å². The molecule has 0 fully saturated rings. The van der Waals surface area contributed by atoms with E-state index in [-0.39, 0.29) is 17.0 Å². The van der Waals surface area contributed by atoms with Crippen LogP contribution in [0.3, 0.4) is 0 Å². The summed E-state index contributed by atoms with van der Waals surface area (Å²) < 4.78 is 7.07. The molecule has 3 heteroatoms. The van der Waals surface area contributed by atoms with Crippen LogP contribution in [0.1, 0.15) is 6.42 Å². The van der Waals surface area contributed by atoms with E-state index in [4.69, 9.17) is 0 Å². The van der Waals surface area contributed by atoms with Gasteiger partial charge in [-0.15, -0.1) is 17.0 Å². The molecule has 0 spiro atoms. The van der Waals surface area contributed by atoms with Crippen LogP contribution >= 0.6 is 17.0 Å². The summed E-state index contributed by atoms with van der Waals surface area (Å²) in [5.41, 5.74) is 0. The average Bonchev–Trinajstić information content (AvgIpc) is 3.04. The molecule has 0 heterocycles. The molecule has 0 saturated heterocycles. The molecule has 114 valence electrons. The average molecular weight is 451 g/mol. The summed E-state index contributed by atoms with van der Waals surface area (Å²) in [6.07, 6.45) is 8.21. The van der Waals surface area contributed by atoms with Crippen molar-refractivity contribution in [3.63, 3.8) is 0 Å². The van der Waals surface area contributed by atoms with E-state index in [0.717, 1.165) is 0 Å². The molecule has 0 nitrogen and oxygen atoms in total. The molecule has 1 aliphatic carbocycles. The molecule has 2 aromatic rings. The molecule has 0 amide bonds. The zero-order valence-electron chi connectivity index (χ0n) is 13.2. The molecule has 1 aliphatic rings. The van der Waals surface area contributed by atoms with Gasteiger partial charge >= 0.3 is 134 Å². The first kappa shape index (κ1) is 17.8. The van der Waals surface area contributed by atoms with Crippen molar-refractivity contribution in [2.45, 2.75) is 15.7 Å². The van der Waals surface area contributed by atoms with Gasteiger partial charge in [-0.1, -0.05) is 0 Å². The van der Waals surface area contributed by atoms with Crippen LogP contribution in [0.25, 0.3) is 0 Å². The first-order valence-electron chi connectivity index (χ1n) is 7.65. The van der Waals surface area contributed by atoms with Crippen molar-refractivity contribution in [1.29, 1.82) is 0 Å². The van der Waals surface area contributed by atoms with Crippen molar-refractivity contribution in [1.82, 2.24) is 0 Å². The number of benzene rings is 2. The second-order valence-electron chi connectivity index (χ2n) is 6.30. The van der Waals surface area contributed by atoms with Crippen molar-refractivity contribution < 1.29 is 19.4 Å². The summed E-state index contributed by atoms with van der Waals surface area (Å²) in [6.45, 7) is 0. The molecular weight excluding hydrogens is 427 g/mol. The summed E-state index contributed by atoms with van der Waals surface area (Å²) in [5.74, 6) is -1.11. The Morgan fingerprint density at radius 1 is 0.818 bits per heavy atom. The van der Waals surface area contributed by atoms with Crippen LogP contribution in [0.5, 0.6) is 0 Å². The molecular formula is C19H23BrSiZr. The summed E-state index contributed by atoms with van der Waals surface area (Å²) in [7, 11) is 0. The van der Waals surface area contributed by atoms with Crippen LogP contribution in [0.2, 0.25) is 9.26 Å². The van der Waals surface area contributed by atoms with E-state index in [1.165, 1.54) is 6.42 Å². The number of halogens is 1. The van der Waals surface area contributed by atoms with E-state index in [1.807, 2.05) is 0 Å². The van der Waals surface area contributed by atoms with E-state index in [2.05, 4.69) is 88.2 Å². The summed E-state index contributed by atoms with van der Waals surface area (Å²) in [4.78, 5) is 0. The van der Waals surface area contributed by atoms with E-state index in [9.17, 15) is 0 Å². The maximum absolute atomic E-state index is 2.64. The van der Waals surface area contributed by atoms with Gasteiger partial charge in [-0.05, 0) is 0 Å². The van der Waals surface area contributed by atoms with Crippen molar-refractivity contribution in [3.05, 3.63) is 82.2 Å². The van der Waals surface area contributed by atoms with E-state index >= 15 is 0 Å². The third-order valence-electron chi connectivity index (χ3n) is 4.59. The Kier molecular flexibility index (Phi) is 6.37. The van der Waals surface area contributed by atoms with Crippen molar-refractivity contribution in [2.75, 3.05) is 0 Å². The standard InChI is InChI=1S/C12H11Si.C5H5.2CH3.BrH.Zr/c1-3-7-11(8-4-1)13-12-9-5-2-6-10-12;1-2-4-5-3-1;;;;/h1-10,13H;1-3H,4H2;2*1H3;1H;. The third-order valence-corrected chi connectivity index (χ3v) is 30.9. The molecule has 22 heavy (non-hydrogen) atoms. The van der Waals surface area contributed by atoms with Crippen LogP contribution in [-0.2, 0) is 19.4 Å². The molecule has 0 aromatic heterocycles. The van der Waals surface area contributed by atoms with Crippen LogP contribution < -0.4 is 10.4 Å². The topological polar surface area (TPSA) is 0 Å². The molecule has 0 atom stereocenters. The van der Waals surface area contributed by atoms with E-state index < -0.39 is 25.4 Å². The number of allylic oxidation sites excluding steroid dienone is 4. The monoisotopic (exact) mass is 448 g/mol. The Labute approximate surface area is 149 Å². The SMILES string of the molecule is Br.[CH3][Zr]([CH3])([C]1=CC=CC1)[SiH](c1ccccc1)c1ccccc1. The normalized spacial score (nSPS) is 13.9. The molecule has 0 bridgehead atoms. The van der Waals surface area contributed by atoms with Gasteiger partial charge in [-0.3, -0.25) is 0 Å². The van der Waals surface area contributed by atoms with Gasteiger partial charge < -0.3 is 0 Å². The van der Waals surface area contributed by atoms with Gasteiger partial charge in [0.1, 0.15) is 0 Å². The zero-order chi connectivity index (χ0) is 14.7. The Balaban J connectivity index is 0.00000176. The first-order chi connectivity index (χ1) is 10.2. The molecule has 0 N–H and O–H groups in total. The van der Waals surface area contributed by atoms with Gasteiger partial charge in [0.25, 0.3) is 0 Å². The minimum absolute atomic E-state index is 0. The predicted octanol–water partition coefficient (Wildman–Crippen LogP) is 4.20. The Morgan fingerprint density at radius 3 is 1.73 bits per heavy atom. The Hall–Kier alpha value is -0.500. The molecule has 0 aliphatic heterocycles. The summed E-state index contributed by atoms with van der Waals surface area (Å²) >= 11 is -2.31. The third kappa shape index (κ3) is 3.69. The number of hydrogen-bond donors (Lipinski definition) is 0. The van der Waals surface area contributed by atoms with Crippen molar-refractivity contribution in [2.24, 2.45) is 0 Å². The van der Waals surface area contributed by atoms with Crippen molar-refractivity contribution >= 4 is 33.3 Å². The minimum atomic E-state index is -2.31. The number of rotatable bonds is 4. The molecule has 0 saturated carbocycles. The van der Waals surface area contributed by atoms with Gasteiger partial charge in [-0.2, -0.15) is 0 Å². The second-order valence-corrected chi connectivity index (χ2v) is 31.3. The fourth-order valence-electron chi connectivity index (χ4n) is 3.43. The first-order valence-corrected chi connectivity index (χ1v) is 19.8. The molecule has 2 aromatic carbocycles. The summed E-state index contributed by atoms with van der Waals surface area (Å²) in [5, 5.41) is 3.25. The second kappa shape index (κ2) is 7.86. The van der Waals surface area contributed by atoms with Crippen LogP contribution in [0.15, 0.2) is 82.2 Å². The van der Waals surface area contributed by atoms with Gasteiger partial charge in [0.2, 0.25) is 0 Å². The quantitative estimate of drug-likeness (QED) is 0.613. The van der Waals surface area contributed by atoms with Gasteiger partial charge in [0.05, 0.1) is 0 Å². The molecule has 0 unspecified atom stereocenters. The van der Waals surface area contributed by atoms with Gasteiger partial charge in [0, 0.05) is 0 Å². The Bertz CT molecular complexity index is 623. The maximum atomic E-state index is 2.64.